The van der Waals surface area contributed by atoms with Crippen LogP contribution in [0.25, 0.3) is 0 Å². The Morgan fingerprint density at radius 1 is 0.933 bits per heavy atom. The molecule has 2 aromatic rings. The summed E-state index contributed by atoms with van der Waals surface area (Å²) in [4.78, 5) is 35.6. The third kappa shape index (κ3) is 7.32. The molecule has 0 bridgehead atoms. The Morgan fingerprint density at radius 2 is 1.53 bits per heavy atom. The summed E-state index contributed by atoms with van der Waals surface area (Å²) in [5.41, 5.74) is 1.14. The summed E-state index contributed by atoms with van der Waals surface area (Å²) in [6, 6.07) is 12.1. The highest BCUT2D eigenvalue weighted by Crippen LogP contribution is 2.28. The number of methoxy groups -OCH3 is 2. The summed E-state index contributed by atoms with van der Waals surface area (Å²) in [6.07, 6.45) is -0.302. The lowest BCUT2D eigenvalue weighted by molar-refractivity contribution is -0.138. The minimum absolute atomic E-state index is 0.0852. The Balaban J connectivity index is 1.92. The lowest BCUT2D eigenvalue weighted by Crippen LogP contribution is -2.22. The first-order chi connectivity index (χ1) is 14.3. The van der Waals surface area contributed by atoms with Crippen molar-refractivity contribution in [2.24, 2.45) is 0 Å². The van der Waals surface area contributed by atoms with Gasteiger partial charge in [-0.2, -0.15) is 0 Å². The number of carbonyl (C=O) groups is 3. The number of carboxylic acids is 1. The standard InChI is InChI=1S/C21H24N2O6S/c1-13(21(27)23-15-10-16(28-2)12-17(11-15)29-3)30-18-6-4-14(5-7-18)22-19(24)8-9-20(25)26/h4-7,10-13H,8-9H2,1-3H3,(H,22,24)(H,23,27)(H,25,26). The second-order valence-electron chi connectivity index (χ2n) is 6.32. The minimum Gasteiger partial charge on any atom is -0.497 e. The Hall–Kier alpha value is -3.20. The van der Waals surface area contributed by atoms with Crippen molar-refractivity contribution < 1.29 is 29.0 Å². The van der Waals surface area contributed by atoms with E-state index in [2.05, 4.69) is 10.6 Å². The number of rotatable bonds is 10. The van der Waals surface area contributed by atoms with Crippen LogP contribution in [0.5, 0.6) is 11.5 Å². The number of carbonyl (C=O) groups excluding carboxylic acids is 2. The molecule has 0 saturated carbocycles. The second-order valence-corrected chi connectivity index (χ2v) is 7.73. The fraction of sp³-hybridized carbons (Fsp3) is 0.286. The third-order valence-electron chi connectivity index (χ3n) is 4.01. The van der Waals surface area contributed by atoms with E-state index in [1.54, 1.807) is 49.4 Å². The van der Waals surface area contributed by atoms with E-state index in [4.69, 9.17) is 14.6 Å². The van der Waals surface area contributed by atoms with Crippen LogP contribution in [0.15, 0.2) is 47.4 Å². The molecule has 0 aliphatic heterocycles. The number of benzene rings is 2. The highest BCUT2D eigenvalue weighted by atomic mass is 32.2. The summed E-state index contributed by atoms with van der Waals surface area (Å²) in [7, 11) is 3.08. The molecule has 9 heteroatoms. The number of hydrogen-bond acceptors (Lipinski definition) is 6. The van der Waals surface area contributed by atoms with E-state index in [0.29, 0.717) is 22.9 Å². The molecule has 2 rings (SSSR count). The van der Waals surface area contributed by atoms with Crippen molar-refractivity contribution >= 4 is 40.9 Å². The molecule has 2 aromatic carbocycles. The van der Waals surface area contributed by atoms with Gasteiger partial charge in [0.15, 0.2) is 0 Å². The summed E-state index contributed by atoms with van der Waals surface area (Å²) >= 11 is 1.37. The van der Waals surface area contributed by atoms with Crippen LogP contribution in [0, 0.1) is 0 Å². The van der Waals surface area contributed by atoms with Crippen LogP contribution in [0.2, 0.25) is 0 Å². The predicted molar refractivity (Wildman–Crippen MR) is 115 cm³/mol. The van der Waals surface area contributed by atoms with E-state index >= 15 is 0 Å². The van der Waals surface area contributed by atoms with Gasteiger partial charge < -0.3 is 25.2 Å². The summed E-state index contributed by atoms with van der Waals surface area (Å²) < 4.78 is 10.4. The predicted octanol–water partition coefficient (Wildman–Crippen LogP) is 3.63. The number of ether oxygens (including phenoxy) is 2. The largest absolute Gasteiger partial charge is 0.497 e. The van der Waals surface area contributed by atoms with Gasteiger partial charge in [-0.05, 0) is 31.2 Å². The zero-order valence-corrected chi connectivity index (χ0v) is 17.7. The molecule has 160 valence electrons. The highest BCUT2D eigenvalue weighted by Gasteiger charge is 2.16. The zero-order valence-electron chi connectivity index (χ0n) is 16.9. The molecule has 8 nitrogen and oxygen atoms in total. The average Bonchev–Trinajstić information content (AvgIpc) is 2.73. The zero-order chi connectivity index (χ0) is 22.1. The van der Waals surface area contributed by atoms with Crippen molar-refractivity contribution in [2.75, 3.05) is 24.9 Å². The van der Waals surface area contributed by atoms with E-state index in [0.717, 1.165) is 4.90 Å². The van der Waals surface area contributed by atoms with Crippen molar-refractivity contribution in [3.8, 4) is 11.5 Å². The van der Waals surface area contributed by atoms with Gasteiger partial charge in [0.1, 0.15) is 11.5 Å². The van der Waals surface area contributed by atoms with E-state index in [1.165, 1.54) is 26.0 Å². The lowest BCUT2D eigenvalue weighted by atomic mass is 10.2. The molecule has 30 heavy (non-hydrogen) atoms. The van der Waals surface area contributed by atoms with Crippen molar-refractivity contribution in [3.63, 3.8) is 0 Å². The molecular weight excluding hydrogens is 408 g/mol. The molecular formula is C21H24N2O6S. The quantitative estimate of drug-likeness (QED) is 0.491. The summed E-state index contributed by atoms with van der Waals surface area (Å²) in [6.45, 7) is 1.79. The molecule has 1 atom stereocenters. The van der Waals surface area contributed by atoms with Gasteiger partial charge in [-0.1, -0.05) is 0 Å². The van der Waals surface area contributed by atoms with Gasteiger partial charge in [0.05, 0.1) is 25.9 Å². The van der Waals surface area contributed by atoms with Crippen LogP contribution >= 0.6 is 11.8 Å². The van der Waals surface area contributed by atoms with Gasteiger partial charge in [0.2, 0.25) is 11.8 Å². The molecule has 0 heterocycles. The lowest BCUT2D eigenvalue weighted by Gasteiger charge is -2.14. The van der Waals surface area contributed by atoms with Gasteiger partial charge in [0, 0.05) is 40.9 Å². The average molecular weight is 432 g/mol. The number of aliphatic carboxylic acids is 1. The molecule has 0 fully saturated rings. The molecule has 0 saturated heterocycles. The van der Waals surface area contributed by atoms with E-state index in [1.807, 2.05) is 0 Å². The first kappa shape index (κ1) is 23.1. The number of amides is 2. The smallest absolute Gasteiger partial charge is 0.303 e. The Kier molecular flexibility index (Phi) is 8.54. The van der Waals surface area contributed by atoms with Crippen LogP contribution in [-0.4, -0.2) is 42.4 Å². The van der Waals surface area contributed by atoms with Crippen LogP contribution in [0.1, 0.15) is 19.8 Å². The van der Waals surface area contributed by atoms with Gasteiger partial charge in [-0.3, -0.25) is 14.4 Å². The fourth-order valence-corrected chi connectivity index (χ4v) is 3.31. The maximum absolute atomic E-state index is 12.5. The molecule has 0 aromatic heterocycles. The van der Waals surface area contributed by atoms with Crippen molar-refractivity contribution in [2.45, 2.75) is 29.9 Å². The summed E-state index contributed by atoms with van der Waals surface area (Å²) in [5, 5.41) is 13.7. The van der Waals surface area contributed by atoms with Crippen LogP contribution in [0.4, 0.5) is 11.4 Å². The number of hydrogen-bond donors (Lipinski definition) is 3. The molecule has 2 amide bonds. The van der Waals surface area contributed by atoms with Gasteiger partial charge >= 0.3 is 5.97 Å². The molecule has 3 N–H and O–H groups in total. The maximum atomic E-state index is 12.5. The minimum atomic E-state index is -1.02. The van der Waals surface area contributed by atoms with Gasteiger partial charge in [-0.15, -0.1) is 11.8 Å². The SMILES string of the molecule is COc1cc(NC(=O)C(C)Sc2ccc(NC(=O)CCC(=O)O)cc2)cc(OC)c1. The first-order valence-corrected chi connectivity index (χ1v) is 10.0. The molecule has 0 aliphatic rings. The number of carboxylic acid groups (broad SMARTS) is 1. The van der Waals surface area contributed by atoms with Gasteiger partial charge in [-0.25, -0.2) is 0 Å². The third-order valence-corrected chi connectivity index (χ3v) is 5.12. The molecule has 0 spiro atoms. The second kappa shape index (κ2) is 11.1. The molecule has 0 aliphatic carbocycles. The van der Waals surface area contributed by atoms with E-state index in [9.17, 15) is 14.4 Å². The van der Waals surface area contributed by atoms with Crippen molar-refractivity contribution in [1.82, 2.24) is 0 Å². The number of nitrogens with one attached hydrogen (secondary N) is 2. The number of anilines is 2. The van der Waals surface area contributed by atoms with Crippen LogP contribution in [-0.2, 0) is 14.4 Å². The maximum Gasteiger partial charge on any atom is 0.303 e. The topological polar surface area (TPSA) is 114 Å². The van der Waals surface area contributed by atoms with Crippen LogP contribution < -0.4 is 20.1 Å². The van der Waals surface area contributed by atoms with Crippen molar-refractivity contribution in [3.05, 3.63) is 42.5 Å². The Morgan fingerprint density at radius 3 is 2.07 bits per heavy atom. The van der Waals surface area contributed by atoms with Crippen molar-refractivity contribution in [1.29, 1.82) is 0 Å². The van der Waals surface area contributed by atoms with Crippen LogP contribution in [0.3, 0.4) is 0 Å². The highest BCUT2D eigenvalue weighted by molar-refractivity contribution is 8.00. The number of thioether (sulfide) groups is 1. The Bertz CT molecular complexity index is 879. The fourth-order valence-electron chi connectivity index (χ4n) is 2.44. The van der Waals surface area contributed by atoms with Gasteiger partial charge in [0.25, 0.3) is 0 Å². The monoisotopic (exact) mass is 432 g/mol. The normalized spacial score (nSPS) is 11.3. The van der Waals surface area contributed by atoms with E-state index in [-0.39, 0.29) is 29.9 Å². The molecule has 1 unspecified atom stereocenters. The van der Waals surface area contributed by atoms with E-state index < -0.39 is 5.97 Å². The summed E-state index contributed by atoms with van der Waals surface area (Å²) in [5.74, 6) is -0.408. The Labute approximate surface area is 179 Å². The first-order valence-electron chi connectivity index (χ1n) is 9.13. The molecule has 0 radical (unpaired) electrons.